The Morgan fingerprint density at radius 3 is 2.42 bits per heavy atom. The summed E-state index contributed by atoms with van der Waals surface area (Å²) in [6.07, 6.45) is 3.23. The molecule has 1 aliphatic rings. The summed E-state index contributed by atoms with van der Waals surface area (Å²) in [6.45, 7) is 4.24. The summed E-state index contributed by atoms with van der Waals surface area (Å²) in [5.74, 6) is 2.83. The molecule has 0 spiro atoms. The van der Waals surface area contributed by atoms with Crippen molar-refractivity contribution in [2.75, 3.05) is 0 Å². The second-order valence-electron chi connectivity index (χ2n) is 9.58. The molecule has 0 fully saturated rings. The zero-order valence-electron chi connectivity index (χ0n) is 20.9. The molecular weight excluding hydrogens is 491 g/mol. The Labute approximate surface area is 224 Å². The highest BCUT2D eigenvalue weighted by molar-refractivity contribution is 7.15. The Balaban J connectivity index is 1.43. The first kappa shape index (κ1) is 23.8. The molecule has 3 aromatic carbocycles. The molecule has 6 rings (SSSR count). The topological polar surface area (TPSA) is 104 Å². The van der Waals surface area contributed by atoms with Crippen LogP contribution >= 0.6 is 11.3 Å². The van der Waals surface area contributed by atoms with Gasteiger partial charge in [-0.3, -0.25) is 4.79 Å². The van der Waals surface area contributed by atoms with Crippen LogP contribution in [0.15, 0.2) is 52.9 Å². The molecule has 38 heavy (non-hydrogen) atoms. The van der Waals surface area contributed by atoms with Gasteiger partial charge in [0.25, 0.3) is 6.71 Å². The predicted octanol–water partition coefficient (Wildman–Crippen LogP) is 6.78. The predicted molar refractivity (Wildman–Crippen MR) is 149 cm³/mol. The van der Waals surface area contributed by atoms with Gasteiger partial charge >= 0.3 is 0 Å². The Bertz CT molecular complexity index is 1840. The number of oxazole rings is 1. The van der Waals surface area contributed by atoms with E-state index in [-0.39, 0.29) is 12.3 Å². The number of aromatic nitrogens is 2. The zero-order valence-corrected chi connectivity index (χ0v) is 21.7. The molecule has 0 atom stereocenters. The van der Waals surface area contributed by atoms with Crippen LogP contribution in [0.25, 0.3) is 44.3 Å². The van der Waals surface area contributed by atoms with Gasteiger partial charge in [0.15, 0.2) is 5.58 Å². The molecule has 0 aliphatic carbocycles. The first-order chi connectivity index (χ1) is 18.5. The van der Waals surface area contributed by atoms with Crippen LogP contribution in [0, 0.1) is 36.4 Å². The molecule has 0 amide bonds. The number of nitriles is 2. The van der Waals surface area contributed by atoms with Gasteiger partial charge in [0, 0.05) is 27.5 Å². The minimum Gasteiger partial charge on any atom is -0.435 e. The van der Waals surface area contributed by atoms with Crippen molar-refractivity contribution >= 4 is 35.4 Å². The third kappa shape index (κ3) is 3.91. The van der Waals surface area contributed by atoms with Crippen molar-refractivity contribution < 1.29 is 9.21 Å². The van der Waals surface area contributed by atoms with Crippen LogP contribution in [-0.4, -0.2) is 23.0 Å². The number of rotatable bonds is 4. The summed E-state index contributed by atoms with van der Waals surface area (Å²) in [5.41, 5.74) is 8.88. The molecular formula is C30H21BN4O2S. The SMILES string of the molecule is Cc1c(-c2nc3cc(C=O)cc(C#N)c3o2)cccc1-c1cccc(-c2nc3c(s2)CB(C#N)CC3)c1C. The highest BCUT2D eigenvalue weighted by Crippen LogP contribution is 2.40. The third-order valence-electron chi connectivity index (χ3n) is 7.31. The van der Waals surface area contributed by atoms with Crippen LogP contribution in [0.5, 0.6) is 0 Å². The lowest BCUT2D eigenvalue weighted by atomic mass is 9.44. The Hall–Kier alpha value is -4.53. The summed E-state index contributed by atoms with van der Waals surface area (Å²) in [4.78, 5) is 22.1. The second kappa shape index (κ2) is 9.41. The molecule has 3 heterocycles. The lowest BCUT2D eigenvalue weighted by molar-refractivity contribution is 0.112. The maximum absolute atomic E-state index is 11.3. The number of hydrogen-bond acceptors (Lipinski definition) is 7. The number of carbonyl (C=O) groups is 1. The number of benzene rings is 3. The maximum Gasteiger partial charge on any atom is 0.273 e. The van der Waals surface area contributed by atoms with Crippen LogP contribution in [0.1, 0.15) is 37.6 Å². The molecule has 8 heteroatoms. The summed E-state index contributed by atoms with van der Waals surface area (Å²) < 4.78 is 6.05. The summed E-state index contributed by atoms with van der Waals surface area (Å²) in [7, 11) is 0. The third-order valence-corrected chi connectivity index (χ3v) is 8.46. The van der Waals surface area contributed by atoms with Crippen molar-refractivity contribution in [2.24, 2.45) is 0 Å². The smallest absolute Gasteiger partial charge is 0.273 e. The van der Waals surface area contributed by atoms with Gasteiger partial charge in [0.1, 0.15) is 22.9 Å². The average Bonchev–Trinajstić information content (AvgIpc) is 3.56. The molecule has 5 aromatic rings. The fraction of sp³-hybridized carbons (Fsp3) is 0.167. The molecule has 1 aliphatic heterocycles. The van der Waals surface area contributed by atoms with Gasteiger partial charge in [-0.25, -0.2) is 15.2 Å². The molecule has 0 saturated carbocycles. The average molecular weight is 512 g/mol. The van der Waals surface area contributed by atoms with Crippen molar-refractivity contribution in [2.45, 2.75) is 32.9 Å². The first-order valence-electron chi connectivity index (χ1n) is 12.4. The zero-order chi connectivity index (χ0) is 26.4. The molecule has 0 N–H and O–H groups in total. The van der Waals surface area contributed by atoms with E-state index >= 15 is 0 Å². The number of fused-ring (bicyclic) bond motifs is 2. The highest BCUT2D eigenvalue weighted by Gasteiger charge is 2.26. The lowest BCUT2D eigenvalue weighted by Crippen LogP contribution is -2.20. The fourth-order valence-electron chi connectivity index (χ4n) is 5.24. The molecule has 0 bridgehead atoms. The van der Waals surface area contributed by atoms with Gasteiger partial charge < -0.3 is 4.42 Å². The van der Waals surface area contributed by atoms with E-state index in [9.17, 15) is 15.3 Å². The van der Waals surface area contributed by atoms with E-state index in [1.165, 1.54) is 10.9 Å². The van der Waals surface area contributed by atoms with Crippen molar-refractivity contribution in [3.05, 3.63) is 81.4 Å². The van der Waals surface area contributed by atoms with Crippen molar-refractivity contribution in [3.63, 3.8) is 0 Å². The van der Waals surface area contributed by atoms with E-state index in [2.05, 4.69) is 48.2 Å². The van der Waals surface area contributed by atoms with E-state index in [1.807, 2.05) is 19.1 Å². The molecule has 0 saturated heterocycles. The normalized spacial score (nSPS) is 12.7. The van der Waals surface area contributed by atoms with Crippen LogP contribution in [0.2, 0.25) is 6.32 Å². The first-order valence-corrected chi connectivity index (χ1v) is 13.2. The van der Waals surface area contributed by atoms with Crippen LogP contribution < -0.4 is 0 Å². The quantitative estimate of drug-likeness (QED) is 0.194. The van der Waals surface area contributed by atoms with E-state index in [1.54, 1.807) is 17.4 Å². The number of carbonyl (C=O) groups excluding carboxylic acids is 1. The molecule has 0 unspecified atom stereocenters. The van der Waals surface area contributed by atoms with Crippen molar-refractivity contribution in [1.29, 1.82) is 10.5 Å². The van der Waals surface area contributed by atoms with Crippen molar-refractivity contribution in [3.8, 4) is 45.2 Å². The summed E-state index contributed by atoms with van der Waals surface area (Å²) in [5, 5.41) is 19.9. The summed E-state index contributed by atoms with van der Waals surface area (Å²) in [6, 6.07) is 17.5. The Kier molecular flexibility index (Phi) is 5.90. The van der Waals surface area contributed by atoms with Crippen molar-refractivity contribution in [1.82, 2.24) is 9.97 Å². The molecule has 2 aromatic heterocycles. The number of nitrogens with zero attached hydrogens (tertiary/aromatic N) is 4. The monoisotopic (exact) mass is 512 g/mol. The maximum atomic E-state index is 11.3. The minimum absolute atomic E-state index is 0.0785. The highest BCUT2D eigenvalue weighted by atomic mass is 32.1. The van der Waals surface area contributed by atoms with Gasteiger partial charge in [-0.2, -0.15) is 5.26 Å². The number of aryl methyl sites for hydroxylation is 1. The molecule has 6 nitrogen and oxygen atoms in total. The van der Waals surface area contributed by atoms with E-state index in [0.717, 1.165) is 63.1 Å². The van der Waals surface area contributed by atoms with Gasteiger partial charge in [0.2, 0.25) is 5.89 Å². The van der Waals surface area contributed by atoms with E-state index in [4.69, 9.17) is 9.40 Å². The van der Waals surface area contributed by atoms with E-state index in [0.29, 0.717) is 28.8 Å². The Morgan fingerprint density at radius 2 is 1.71 bits per heavy atom. The fourth-order valence-corrected chi connectivity index (χ4v) is 6.51. The van der Waals surface area contributed by atoms with E-state index < -0.39 is 0 Å². The van der Waals surface area contributed by atoms with Crippen LogP contribution in [0.4, 0.5) is 0 Å². The van der Waals surface area contributed by atoms with Gasteiger partial charge in [0.05, 0.1) is 11.3 Å². The minimum atomic E-state index is 0.0785. The molecule has 0 radical (unpaired) electrons. The Morgan fingerprint density at radius 1 is 1.00 bits per heavy atom. The van der Waals surface area contributed by atoms with Crippen LogP contribution in [-0.2, 0) is 12.7 Å². The van der Waals surface area contributed by atoms with Gasteiger partial charge in [-0.15, -0.1) is 11.3 Å². The standard InChI is InChI=1S/C30H21BN4O2S/c1-17-21(5-3-7-23(17)29-34-26-12-19(15-36)11-20(14-32)28(26)37-29)22-6-4-8-24(18(22)2)30-35-25-9-10-31(16-33)13-27(25)38-30/h3-8,11-12,15H,9-10,13H2,1-2H3. The number of thiazole rings is 1. The lowest BCUT2D eigenvalue weighted by Gasteiger charge is -2.14. The second-order valence-corrected chi connectivity index (χ2v) is 10.7. The van der Waals surface area contributed by atoms with Gasteiger partial charge in [-0.05, 0) is 67.0 Å². The summed E-state index contributed by atoms with van der Waals surface area (Å²) >= 11 is 1.70. The van der Waals surface area contributed by atoms with Crippen LogP contribution in [0.3, 0.4) is 0 Å². The number of hydrogen-bond donors (Lipinski definition) is 0. The van der Waals surface area contributed by atoms with Gasteiger partial charge in [-0.1, -0.05) is 36.7 Å². The number of aldehydes is 1. The molecule has 182 valence electrons. The largest absolute Gasteiger partial charge is 0.435 e.